The van der Waals surface area contributed by atoms with Gasteiger partial charge in [-0.1, -0.05) is 35.6 Å². The fourth-order valence-corrected chi connectivity index (χ4v) is 3.44. The van der Waals surface area contributed by atoms with Gasteiger partial charge >= 0.3 is 0 Å². The van der Waals surface area contributed by atoms with E-state index in [1.54, 1.807) is 38.2 Å². The van der Waals surface area contributed by atoms with E-state index in [9.17, 15) is 8.42 Å². The second kappa shape index (κ2) is 8.07. The Kier molecular flexibility index (Phi) is 5.73. The highest BCUT2D eigenvalue weighted by atomic mass is 35.5. The second-order valence-corrected chi connectivity index (χ2v) is 8.60. The molecule has 0 saturated carbocycles. The van der Waals surface area contributed by atoms with Crippen molar-refractivity contribution >= 4 is 33.2 Å². The van der Waals surface area contributed by atoms with E-state index in [0.717, 1.165) is 6.26 Å². The van der Waals surface area contributed by atoms with Gasteiger partial charge in [0.1, 0.15) is 11.0 Å². The molecule has 29 heavy (non-hydrogen) atoms. The molecule has 0 fully saturated rings. The number of benzene rings is 1. The SMILES string of the molecule is CNc1ccc(C#Cc2c(C)nc(N)nc2-c2ccc(S(C)(=O)=O)cc2)c(Cl)n1. The van der Waals surface area contributed by atoms with Crippen LogP contribution in [-0.2, 0) is 9.84 Å². The van der Waals surface area contributed by atoms with Crippen molar-refractivity contribution in [2.45, 2.75) is 11.8 Å². The maximum Gasteiger partial charge on any atom is 0.220 e. The van der Waals surface area contributed by atoms with Crippen LogP contribution in [0.25, 0.3) is 11.3 Å². The summed E-state index contributed by atoms with van der Waals surface area (Å²) in [5, 5.41) is 3.18. The highest BCUT2D eigenvalue weighted by Gasteiger charge is 2.13. The molecule has 148 valence electrons. The fraction of sp³-hybridized carbons (Fsp3) is 0.150. The predicted molar refractivity (Wildman–Crippen MR) is 115 cm³/mol. The topological polar surface area (TPSA) is 111 Å². The molecule has 0 aliphatic rings. The fourth-order valence-electron chi connectivity index (χ4n) is 2.61. The first-order valence-corrected chi connectivity index (χ1v) is 10.8. The number of nitrogen functional groups attached to an aromatic ring is 1. The van der Waals surface area contributed by atoms with Crippen molar-refractivity contribution in [1.82, 2.24) is 15.0 Å². The van der Waals surface area contributed by atoms with Crippen LogP contribution in [-0.4, -0.2) is 36.7 Å². The molecule has 3 N–H and O–H groups in total. The molecule has 3 aromatic rings. The van der Waals surface area contributed by atoms with Gasteiger partial charge in [-0.2, -0.15) is 0 Å². The number of anilines is 2. The molecule has 0 amide bonds. The van der Waals surface area contributed by atoms with E-state index in [4.69, 9.17) is 17.3 Å². The number of nitrogens with one attached hydrogen (secondary N) is 1. The summed E-state index contributed by atoms with van der Waals surface area (Å²) in [5.74, 6) is 6.79. The molecular weight excluding hydrogens is 410 g/mol. The maximum atomic E-state index is 11.7. The Hall–Kier alpha value is -3.15. The molecule has 9 heteroatoms. The van der Waals surface area contributed by atoms with Crippen LogP contribution in [0.5, 0.6) is 0 Å². The van der Waals surface area contributed by atoms with E-state index in [1.165, 1.54) is 12.1 Å². The molecule has 2 heterocycles. The third-order valence-corrected chi connectivity index (χ3v) is 5.51. The van der Waals surface area contributed by atoms with E-state index in [2.05, 4.69) is 32.1 Å². The van der Waals surface area contributed by atoms with Gasteiger partial charge in [-0.05, 0) is 31.2 Å². The molecule has 7 nitrogen and oxygen atoms in total. The van der Waals surface area contributed by atoms with Crippen molar-refractivity contribution in [3.05, 3.63) is 58.4 Å². The van der Waals surface area contributed by atoms with Gasteiger partial charge in [0, 0.05) is 18.9 Å². The van der Waals surface area contributed by atoms with Crippen molar-refractivity contribution in [2.75, 3.05) is 24.4 Å². The monoisotopic (exact) mass is 427 g/mol. The minimum Gasteiger partial charge on any atom is -0.373 e. The summed E-state index contributed by atoms with van der Waals surface area (Å²) in [6.45, 7) is 1.78. The van der Waals surface area contributed by atoms with Gasteiger partial charge in [0.25, 0.3) is 0 Å². The maximum absolute atomic E-state index is 11.7. The van der Waals surface area contributed by atoms with Crippen molar-refractivity contribution in [3.63, 3.8) is 0 Å². The Morgan fingerprint density at radius 1 is 1.03 bits per heavy atom. The quantitative estimate of drug-likeness (QED) is 0.488. The number of aromatic nitrogens is 3. The second-order valence-electron chi connectivity index (χ2n) is 6.22. The summed E-state index contributed by atoms with van der Waals surface area (Å²) in [7, 11) is -1.55. The van der Waals surface area contributed by atoms with Crippen LogP contribution in [0.15, 0.2) is 41.3 Å². The molecule has 0 aliphatic heterocycles. The van der Waals surface area contributed by atoms with Gasteiger partial charge in [0.2, 0.25) is 5.95 Å². The van der Waals surface area contributed by atoms with E-state index in [-0.39, 0.29) is 16.0 Å². The molecule has 0 saturated heterocycles. The third-order valence-electron chi connectivity index (χ3n) is 4.09. The van der Waals surface area contributed by atoms with Gasteiger partial charge in [-0.25, -0.2) is 23.4 Å². The van der Waals surface area contributed by atoms with Gasteiger partial charge in [0.15, 0.2) is 9.84 Å². The number of aryl methyl sites for hydroxylation is 1. The van der Waals surface area contributed by atoms with Gasteiger partial charge in [0.05, 0.1) is 27.4 Å². The number of sulfone groups is 1. The van der Waals surface area contributed by atoms with E-state index >= 15 is 0 Å². The molecule has 2 aromatic heterocycles. The summed E-state index contributed by atoms with van der Waals surface area (Å²) >= 11 is 6.19. The standard InChI is InChI=1S/C20H18ClN5O2S/c1-12-16(10-6-14-7-11-17(23-2)25-19(14)21)18(26-20(22)24-12)13-4-8-15(9-5-13)29(3,27)28/h4-5,7-9,11H,1-3H3,(H,23,25)(H2,22,24,26). The van der Waals surface area contributed by atoms with Crippen LogP contribution >= 0.6 is 11.6 Å². The zero-order chi connectivity index (χ0) is 21.2. The number of hydrogen-bond acceptors (Lipinski definition) is 7. The molecule has 0 radical (unpaired) electrons. The molecular formula is C20H18ClN5O2S. The first-order valence-electron chi connectivity index (χ1n) is 8.50. The largest absolute Gasteiger partial charge is 0.373 e. The van der Waals surface area contributed by atoms with Crippen LogP contribution in [0.4, 0.5) is 11.8 Å². The highest BCUT2D eigenvalue weighted by Crippen LogP contribution is 2.25. The van der Waals surface area contributed by atoms with Crippen LogP contribution in [0.1, 0.15) is 16.8 Å². The van der Waals surface area contributed by atoms with Gasteiger partial charge in [-0.3, -0.25) is 0 Å². The number of hydrogen-bond donors (Lipinski definition) is 2. The molecule has 0 aliphatic carbocycles. The Labute approximate surface area is 174 Å². The molecule has 3 rings (SSSR count). The normalized spacial score (nSPS) is 10.9. The summed E-state index contributed by atoms with van der Waals surface area (Å²) in [4.78, 5) is 12.9. The van der Waals surface area contributed by atoms with E-state index < -0.39 is 9.84 Å². The lowest BCUT2D eigenvalue weighted by Gasteiger charge is -2.08. The lowest BCUT2D eigenvalue weighted by Crippen LogP contribution is -2.03. The lowest BCUT2D eigenvalue weighted by atomic mass is 10.0. The Bertz CT molecular complexity index is 1250. The molecule has 0 bridgehead atoms. The summed E-state index contributed by atoms with van der Waals surface area (Å²) in [5.41, 5.74) is 8.74. The van der Waals surface area contributed by atoms with Crippen LogP contribution < -0.4 is 11.1 Å². The molecule has 0 unspecified atom stereocenters. The zero-order valence-electron chi connectivity index (χ0n) is 16.0. The van der Waals surface area contributed by atoms with Crippen molar-refractivity contribution in [1.29, 1.82) is 0 Å². The Morgan fingerprint density at radius 2 is 1.72 bits per heavy atom. The predicted octanol–water partition coefficient (Wildman–Crippen LogP) is 2.93. The van der Waals surface area contributed by atoms with E-state index in [0.29, 0.717) is 33.9 Å². The van der Waals surface area contributed by atoms with Crippen molar-refractivity contribution in [3.8, 4) is 23.1 Å². The minimum atomic E-state index is -3.30. The number of halogens is 1. The minimum absolute atomic E-state index is 0.105. The Balaban J connectivity index is 2.10. The van der Waals surface area contributed by atoms with Crippen LogP contribution in [0, 0.1) is 18.8 Å². The number of rotatable bonds is 3. The van der Waals surface area contributed by atoms with E-state index in [1.807, 2.05) is 0 Å². The number of nitrogens with zero attached hydrogens (tertiary/aromatic N) is 3. The highest BCUT2D eigenvalue weighted by molar-refractivity contribution is 7.90. The van der Waals surface area contributed by atoms with Crippen LogP contribution in [0.2, 0.25) is 5.15 Å². The van der Waals surface area contributed by atoms with Crippen molar-refractivity contribution < 1.29 is 8.42 Å². The van der Waals surface area contributed by atoms with Gasteiger partial charge in [-0.15, -0.1) is 0 Å². The van der Waals surface area contributed by atoms with Crippen molar-refractivity contribution in [2.24, 2.45) is 0 Å². The average Bonchev–Trinajstić information content (AvgIpc) is 2.67. The van der Waals surface area contributed by atoms with Crippen LogP contribution in [0.3, 0.4) is 0 Å². The number of nitrogens with two attached hydrogens (primary N) is 1. The Morgan fingerprint density at radius 3 is 2.31 bits per heavy atom. The summed E-state index contributed by atoms with van der Waals surface area (Å²) < 4.78 is 23.4. The molecule has 1 aromatic carbocycles. The zero-order valence-corrected chi connectivity index (χ0v) is 17.6. The first-order chi connectivity index (χ1) is 13.7. The summed E-state index contributed by atoms with van der Waals surface area (Å²) in [6.07, 6.45) is 1.16. The average molecular weight is 428 g/mol. The number of pyridine rings is 1. The first kappa shape index (κ1) is 20.6. The van der Waals surface area contributed by atoms with Gasteiger partial charge < -0.3 is 11.1 Å². The molecule has 0 atom stereocenters. The molecule has 0 spiro atoms. The third kappa shape index (κ3) is 4.65. The lowest BCUT2D eigenvalue weighted by molar-refractivity contribution is 0.602. The smallest absolute Gasteiger partial charge is 0.220 e. The summed E-state index contributed by atoms with van der Waals surface area (Å²) in [6, 6.07) is 9.91.